The Morgan fingerprint density at radius 1 is 0.952 bits per heavy atom. The molecule has 0 aliphatic carbocycles. The minimum absolute atomic E-state index is 0.356. The SMILES string of the molecule is OC(Cc1cncc(Br)c1)c1c(F)c(F)c(F)c(F)c1F. The summed E-state index contributed by atoms with van der Waals surface area (Å²) in [6, 6.07) is 1.50. The van der Waals surface area contributed by atoms with E-state index >= 15 is 0 Å². The first-order valence-corrected chi connectivity index (χ1v) is 6.41. The number of aliphatic hydroxyl groups excluding tert-OH is 1. The molecule has 112 valence electrons. The highest BCUT2D eigenvalue weighted by molar-refractivity contribution is 9.10. The first kappa shape index (κ1) is 15.8. The Kier molecular flexibility index (Phi) is 4.58. The first-order valence-electron chi connectivity index (χ1n) is 5.61. The van der Waals surface area contributed by atoms with Gasteiger partial charge < -0.3 is 5.11 Å². The fourth-order valence-electron chi connectivity index (χ4n) is 1.81. The van der Waals surface area contributed by atoms with Crippen LogP contribution < -0.4 is 0 Å². The molecule has 0 radical (unpaired) electrons. The molecule has 0 saturated carbocycles. The second-order valence-electron chi connectivity index (χ2n) is 4.21. The highest BCUT2D eigenvalue weighted by Crippen LogP contribution is 2.29. The minimum Gasteiger partial charge on any atom is -0.388 e. The number of hydrogen-bond acceptors (Lipinski definition) is 2. The smallest absolute Gasteiger partial charge is 0.200 e. The molecule has 2 nitrogen and oxygen atoms in total. The van der Waals surface area contributed by atoms with Gasteiger partial charge in [-0.2, -0.15) is 0 Å². The highest BCUT2D eigenvalue weighted by Gasteiger charge is 2.29. The van der Waals surface area contributed by atoms with E-state index in [1.165, 1.54) is 18.5 Å². The van der Waals surface area contributed by atoms with Gasteiger partial charge in [0, 0.05) is 23.3 Å². The average molecular weight is 368 g/mol. The van der Waals surface area contributed by atoms with Crippen LogP contribution in [0, 0.1) is 29.1 Å². The molecular weight excluding hydrogens is 361 g/mol. The molecule has 1 aromatic carbocycles. The molecule has 0 saturated heterocycles. The summed E-state index contributed by atoms with van der Waals surface area (Å²) < 4.78 is 66.7. The van der Waals surface area contributed by atoms with Gasteiger partial charge in [-0.05, 0) is 27.6 Å². The normalized spacial score (nSPS) is 12.5. The van der Waals surface area contributed by atoms with Crippen molar-refractivity contribution in [3.05, 3.63) is 63.1 Å². The number of rotatable bonds is 3. The van der Waals surface area contributed by atoms with Crippen LogP contribution in [-0.2, 0) is 6.42 Å². The van der Waals surface area contributed by atoms with E-state index in [1.54, 1.807) is 0 Å². The Hall–Kier alpha value is -1.54. The monoisotopic (exact) mass is 367 g/mol. The van der Waals surface area contributed by atoms with Crippen LogP contribution >= 0.6 is 15.9 Å². The van der Waals surface area contributed by atoms with E-state index in [4.69, 9.17) is 0 Å². The molecule has 1 aromatic heterocycles. The molecule has 8 heteroatoms. The maximum absolute atomic E-state index is 13.5. The van der Waals surface area contributed by atoms with Crippen molar-refractivity contribution in [2.45, 2.75) is 12.5 Å². The summed E-state index contributed by atoms with van der Waals surface area (Å²) in [5, 5.41) is 9.79. The third-order valence-electron chi connectivity index (χ3n) is 2.77. The number of aromatic nitrogens is 1. The summed E-state index contributed by atoms with van der Waals surface area (Å²) in [5.41, 5.74) is -0.896. The minimum atomic E-state index is -2.26. The molecule has 1 N–H and O–H groups in total. The third-order valence-corrected chi connectivity index (χ3v) is 3.20. The van der Waals surface area contributed by atoms with Crippen LogP contribution in [0.15, 0.2) is 22.9 Å². The number of halogens is 6. The van der Waals surface area contributed by atoms with Crippen molar-refractivity contribution in [1.82, 2.24) is 4.98 Å². The van der Waals surface area contributed by atoms with Crippen molar-refractivity contribution in [3.63, 3.8) is 0 Å². The van der Waals surface area contributed by atoms with E-state index in [-0.39, 0.29) is 6.42 Å². The molecule has 1 atom stereocenters. The molecule has 2 rings (SSSR count). The molecule has 0 amide bonds. The van der Waals surface area contributed by atoms with Gasteiger partial charge in [0.25, 0.3) is 0 Å². The second-order valence-corrected chi connectivity index (χ2v) is 5.13. The van der Waals surface area contributed by atoms with Gasteiger partial charge in [-0.25, -0.2) is 22.0 Å². The van der Waals surface area contributed by atoms with Gasteiger partial charge >= 0.3 is 0 Å². The lowest BCUT2D eigenvalue weighted by Gasteiger charge is -2.14. The molecule has 0 spiro atoms. The molecule has 2 aromatic rings. The van der Waals surface area contributed by atoms with Gasteiger partial charge in [-0.1, -0.05) is 0 Å². The van der Waals surface area contributed by atoms with Crippen LogP contribution in [0.25, 0.3) is 0 Å². The van der Waals surface area contributed by atoms with E-state index in [0.717, 1.165) is 0 Å². The summed E-state index contributed by atoms with van der Waals surface area (Å²) >= 11 is 3.11. The Bertz CT molecular complexity index is 665. The molecule has 0 fully saturated rings. The summed E-state index contributed by atoms with van der Waals surface area (Å²) in [6.45, 7) is 0. The summed E-state index contributed by atoms with van der Waals surface area (Å²) in [4.78, 5) is 3.77. The maximum atomic E-state index is 13.5. The van der Waals surface area contributed by atoms with E-state index in [1.807, 2.05) is 0 Å². The number of benzene rings is 1. The van der Waals surface area contributed by atoms with Crippen molar-refractivity contribution in [2.75, 3.05) is 0 Å². The number of aliphatic hydroxyl groups is 1. The average Bonchev–Trinajstić information content (AvgIpc) is 2.43. The zero-order chi connectivity index (χ0) is 15.7. The molecule has 1 unspecified atom stereocenters. The predicted molar refractivity (Wildman–Crippen MR) is 66.8 cm³/mol. The standard InChI is InChI=1S/C13H7BrF5NO/c14-6-1-5(3-20-4-6)2-7(21)8-9(15)11(17)13(19)12(18)10(8)16/h1,3-4,7,21H,2H2. The van der Waals surface area contributed by atoms with Gasteiger partial charge in [-0.3, -0.25) is 4.98 Å². The van der Waals surface area contributed by atoms with E-state index < -0.39 is 40.8 Å². The number of hydrogen-bond donors (Lipinski definition) is 1. The van der Waals surface area contributed by atoms with Gasteiger partial charge in [-0.15, -0.1) is 0 Å². The maximum Gasteiger partial charge on any atom is 0.200 e. The van der Waals surface area contributed by atoms with Crippen LogP contribution in [-0.4, -0.2) is 10.1 Å². The van der Waals surface area contributed by atoms with Crippen molar-refractivity contribution in [2.24, 2.45) is 0 Å². The molecule has 1 heterocycles. The third kappa shape index (κ3) is 3.06. The van der Waals surface area contributed by atoms with Gasteiger partial charge in [0.1, 0.15) is 0 Å². The zero-order valence-electron chi connectivity index (χ0n) is 10.2. The van der Waals surface area contributed by atoms with Crippen molar-refractivity contribution >= 4 is 15.9 Å². The summed E-state index contributed by atoms with van der Waals surface area (Å²) in [7, 11) is 0. The Morgan fingerprint density at radius 2 is 1.48 bits per heavy atom. The zero-order valence-corrected chi connectivity index (χ0v) is 11.8. The fourth-order valence-corrected chi connectivity index (χ4v) is 2.22. The quantitative estimate of drug-likeness (QED) is 0.508. The largest absolute Gasteiger partial charge is 0.388 e. The summed E-state index contributed by atoms with van der Waals surface area (Å²) in [5.74, 6) is -10.5. The van der Waals surface area contributed by atoms with Gasteiger partial charge in [0.15, 0.2) is 23.3 Å². The molecular formula is C13H7BrF5NO. The lowest BCUT2D eigenvalue weighted by atomic mass is 10.0. The second kappa shape index (κ2) is 6.07. The van der Waals surface area contributed by atoms with E-state index in [0.29, 0.717) is 10.0 Å². The van der Waals surface area contributed by atoms with Crippen molar-refractivity contribution in [1.29, 1.82) is 0 Å². The predicted octanol–water partition coefficient (Wildman–Crippen LogP) is 3.82. The topological polar surface area (TPSA) is 33.1 Å². The van der Waals surface area contributed by atoms with Crippen LogP contribution in [0.4, 0.5) is 22.0 Å². The van der Waals surface area contributed by atoms with Crippen molar-refractivity contribution < 1.29 is 27.1 Å². The lowest BCUT2D eigenvalue weighted by Crippen LogP contribution is -2.13. The first-order chi connectivity index (χ1) is 9.82. The fraction of sp³-hybridized carbons (Fsp3) is 0.154. The van der Waals surface area contributed by atoms with E-state index in [9.17, 15) is 27.1 Å². The Balaban J connectivity index is 2.42. The molecule has 21 heavy (non-hydrogen) atoms. The Labute approximate surface area is 124 Å². The number of nitrogens with zero attached hydrogens (tertiary/aromatic N) is 1. The van der Waals surface area contributed by atoms with Crippen molar-refractivity contribution in [3.8, 4) is 0 Å². The molecule has 0 aliphatic heterocycles. The highest BCUT2D eigenvalue weighted by atomic mass is 79.9. The van der Waals surface area contributed by atoms with Crippen LogP contribution in [0.2, 0.25) is 0 Å². The van der Waals surface area contributed by atoms with Crippen LogP contribution in [0.3, 0.4) is 0 Å². The molecule has 0 bridgehead atoms. The summed E-state index contributed by atoms with van der Waals surface area (Å²) in [6.07, 6.45) is 0.490. The Morgan fingerprint density at radius 3 is 2.00 bits per heavy atom. The van der Waals surface area contributed by atoms with Gasteiger partial charge in [0.05, 0.1) is 11.7 Å². The molecule has 0 aliphatic rings. The lowest BCUT2D eigenvalue weighted by molar-refractivity contribution is 0.163. The van der Waals surface area contributed by atoms with E-state index in [2.05, 4.69) is 20.9 Å². The number of pyridine rings is 1. The van der Waals surface area contributed by atoms with Crippen LogP contribution in [0.1, 0.15) is 17.2 Å². The van der Waals surface area contributed by atoms with Crippen LogP contribution in [0.5, 0.6) is 0 Å². The van der Waals surface area contributed by atoms with Gasteiger partial charge in [0.2, 0.25) is 5.82 Å².